The molecule has 0 bridgehead atoms. The van der Waals surface area contributed by atoms with Crippen LogP contribution in [0.2, 0.25) is 0 Å². The molecule has 3 aromatic rings. The van der Waals surface area contributed by atoms with Crippen LogP contribution in [0.1, 0.15) is 5.89 Å². The Balaban J connectivity index is 1.60. The molecule has 3 rings (SSSR count). The van der Waals surface area contributed by atoms with E-state index in [1.54, 1.807) is 0 Å². The van der Waals surface area contributed by atoms with Gasteiger partial charge >= 0.3 is 0 Å². The van der Waals surface area contributed by atoms with Gasteiger partial charge in [-0.05, 0) is 35.7 Å². The Hall–Kier alpha value is -2.10. The van der Waals surface area contributed by atoms with Crippen LogP contribution in [-0.4, -0.2) is 25.2 Å². The van der Waals surface area contributed by atoms with Gasteiger partial charge in [0.15, 0.2) is 0 Å². The lowest BCUT2D eigenvalue weighted by Crippen LogP contribution is -2.26. The third kappa shape index (κ3) is 3.81. The monoisotopic (exact) mass is 353 g/mol. The summed E-state index contributed by atoms with van der Waals surface area (Å²) in [4.78, 5) is 0.861. The number of hydrogen-bond acceptors (Lipinski definition) is 6. The number of nitrogens with zero attached hydrogens (tertiary/aromatic N) is 2. The topological polar surface area (TPSA) is 85.1 Å². The first-order chi connectivity index (χ1) is 11.0. The summed E-state index contributed by atoms with van der Waals surface area (Å²) in [6, 6.07) is 8.35. The van der Waals surface area contributed by atoms with Crippen molar-refractivity contribution in [2.45, 2.75) is 11.3 Å². The van der Waals surface area contributed by atoms with Gasteiger partial charge in [-0.25, -0.2) is 17.5 Å². The highest BCUT2D eigenvalue weighted by atomic mass is 32.2. The summed E-state index contributed by atoms with van der Waals surface area (Å²) in [5, 5.41) is 9.70. The highest BCUT2D eigenvalue weighted by Crippen LogP contribution is 2.22. The van der Waals surface area contributed by atoms with E-state index in [2.05, 4.69) is 14.9 Å². The van der Waals surface area contributed by atoms with Gasteiger partial charge in [0.25, 0.3) is 5.89 Å². The second-order valence-corrected chi connectivity index (χ2v) is 7.29. The van der Waals surface area contributed by atoms with Crippen LogP contribution in [0.15, 0.2) is 51.1 Å². The van der Waals surface area contributed by atoms with Gasteiger partial charge in [-0.15, -0.1) is 21.5 Å². The second-order valence-electron chi connectivity index (χ2n) is 4.58. The van der Waals surface area contributed by atoms with Gasteiger partial charge in [-0.3, -0.25) is 0 Å². The summed E-state index contributed by atoms with van der Waals surface area (Å²) in [6.45, 7) is 0.103. The summed E-state index contributed by atoms with van der Waals surface area (Å²) in [7, 11) is -3.69. The minimum atomic E-state index is -3.69. The molecule has 9 heteroatoms. The van der Waals surface area contributed by atoms with Gasteiger partial charge in [0.05, 0.1) is 9.77 Å². The maximum atomic E-state index is 12.8. The predicted octanol–water partition coefficient (Wildman–Crippen LogP) is 2.46. The van der Waals surface area contributed by atoms with Crippen LogP contribution in [0.25, 0.3) is 10.8 Å². The van der Waals surface area contributed by atoms with Crippen molar-refractivity contribution in [1.82, 2.24) is 14.9 Å². The maximum Gasteiger partial charge on any atom is 0.257 e. The van der Waals surface area contributed by atoms with Gasteiger partial charge < -0.3 is 4.42 Å². The molecule has 6 nitrogen and oxygen atoms in total. The van der Waals surface area contributed by atoms with E-state index in [1.807, 2.05) is 17.5 Å². The first-order valence-corrected chi connectivity index (χ1v) is 9.02. The van der Waals surface area contributed by atoms with Crippen LogP contribution in [-0.2, 0) is 16.4 Å². The van der Waals surface area contributed by atoms with Crippen molar-refractivity contribution in [2.75, 3.05) is 6.54 Å². The molecular weight excluding hydrogens is 341 g/mol. The zero-order valence-electron chi connectivity index (χ0n) is 11.8. The molecule has 23 heavy (non-hydrogen) atoms. The Morgan fingerprint density at radius 3 is 2.65 bits per heavy atom. The maximum absolute atomic E-state index is 12.8. The molecular formula is C14H12FN3O3S2. The minimum Gasteiger partial charge on any atom is -0.420 e. The second kappa shape index (κ2) is 6.57. The van der Waals surface area contributed by atoms with Crippen molar-refractivity contribution in [2.24, 2.45) is 0 Å². The molecule has 0 radical (unpaired) electrons. The van der Waals surface area contributed by atoms with Gasteiger partial charge in [0, 0.05) is 13.0 Å². The van der Waals surface area contributed by atoms with Crippen molar-refractivity contribution in [3.63, 3.8) is 0 Å². The number of halogens is 1. The van der Waals surface area contributed by atoms with Crippen LogP contribution in [0, 0.1) is 5.82 Å². The van der Waals surface area contributed by atoms with Crippen molar-refractivity contribution in [3.05, 3.63) is 53.5 Å². The molecule has 1 N–H and O–H groups in total. The molecule has 0 aliphatic rings. The van der Waals surface area contributed by atoms with Crippen LogP contribution in [0.4, 0.5) is 4.39 Å². The van der Waals surface area contributed by atoms with E-state index >= 15 is 0 Å². The van der Waals surface area contributed by atoms with Crippen molar-refractivity contribution < 1.29 is 17.2 Å². The largest absolute Gasteiger partial charge is 0.420 e. The lowest BCUT2D eigenvalue weighted by atomic mass is 10.4. The lowest BCUT2D eigenvalue weighted by molar-refractivity contribution is 0.503. The quantitative estimate of drug-likeness (QED) is 0.736. The molecule has 0 saturated carbocycles. The zero-order valence-corrected chi connectivity index (χ0v) is 13.4. The third-order valence-electron chi connectivity index (χ3n) is 2.95. The number of aromatic nitrogens is 2. The summed E-state index contributed by atoms with van der Waals surface area (Å²) in [5.41, 5.74) is 0. The van der Waals surface area contributed by atoms with Crippen LogP contribution in [0.3, 0.4) is 0 Å². The highest BCUT2D eigenvalue weighted by molar-refractivity contribution is 7.89. The van der Waals surface area contributed by atoms with Gasteiger partial charge in [0.2, 0.25) is 15.9 Å². The van der Waals surface area contributed by atoms with Crippen LogP contribution >= 0.6 is 11.3 Å². The normalized spacial score (nSPS) is 11.7. The van der Waals surface area contributed by atoms with E-state index in [-0.39, 0.29) is 17.9 Å². The summed E-state index contributed by atoms with van der Waals surface area (Å²) in [5.74, 6) is 0.266. The highest BCUT2D eigenvalue weighted by Gasteiger charge is 2.15. The molecule has 0 saturated heterocycles. The minimum absolute atomic E-state index is 0.00343. The van der Waals surface area contributed by atoms with E-state index in [0.29, 0.717) is 11.8 Å². The van der Waals surface area contributed by atoms with Crippen molar-refractivity contribution in [1.29, 1.82) is 0 Å². The number of rotatable bonds is 6. The molecule has 1 aromatic carbocycles. The van der Waals surface area contributed by atoms with Gasteiger partial charge in [0.1, 0.15) is 5.82 Å². The molecule has 0 atom stereocenters. The molecule has 0 fully saturated rings. The average Bonchev–Trinajstić information content (AvgIpc) is 3.18. The third-order valence-corrected chi connectivity index (χ3v) is 5.29. The Morgan fingerprint density at radius 1 is 1.17 bits per heavy atom. The Morgan fingerprint density at radius 2 is 1.96 bits per heavy atom. The van der Waals surface area contributed by atoms with Crippen molar-refractivity contribution in [3.8, 4) is 10.8 Å². The summed E-state index contributed by atoms with van der Waals surface area (Å²) in [6.07, 6.45) is 0.263. The predicted molar refractivity (Wildman–Crippen MR) is 82.9 cm³/mol. The lowest BCUT2D eigenvalue weighted by Gasteiger charge is -2.05. The van der Waals surface area contributed by atoms with Gasteiger partial charge in [-0.1, -0.05) is 6.07 Å². The Kier molecular flexibility index (Phi) is 4.51. The molecule has 0 aliphatic heterocycles. The fourth-order valence-electron chi connectivity index (χ4n) is 1.84. The number of nitrogens with one attached hydrogen (secondary N) is 1. The van der Waals surface area contributed by atoms with Gasteiger partial charge in [-0.2, -0.15) is 0 Å². The Bertz CT molecular complexity index is 874. The fourth-order valence-corrected chi connectivity index (χ4v) is 3.52. The Labute approximate surface area is 136 Å². The van der Waals surface area contributed by atoms with Crippen LogP contribution in [0.5, 0.6) is 0 Å². The summed E-state index contributed by atoms with van der Waals surface area (Å²) < 4.78 is 44.8. The first kappa shape index (κ1) is 15.8. The van der Waals surface area contributed by atoms with E-state index in [1.165, 1.54) is 23.5 Å². The van der Waals surface area contributed by atoms with E-state index in [4.69, 9.17) is 4.42 Å². The van der Waals surface area contributed by atoms with E-state index in [9.17, 15) is 12.8 Å². The molecule has 2 aromatic heterocycles. The van der Waals surface area contributed by atoms with Crippen LogP contribution < -0.4 is 4.72 Å². The molecule has 0 aliphatic carbocycles. The first-order valence-electron chi connectivity index (χ1n) is 6.66. The van der Waals surface area contributed by atoms with E-state index in [0.717, 1.165) is 17.0 Å². The zero-order chi connectivity index (χ0) is 16.3. The summed E-state index contributed by atoms with van der Waals surface area (Å²) >= 11 is 1.48. The number of sulfonamides is 1. The fraction of sp³-hybridized carbons (Fsp3) is 0.143. The number of thiophene rings is 1. The smallest absolute Gasteiger partial charge is 0.257 e. The molecule has 0 spiro atoms. The number of benzene rings is 1. The molecule has 2 heterocycles. The number of hydrogen-bond donors (Lipinski definition) is 1. The molecule has 0 unspecified atom stereocenters. The standard InChI is InChI=1S/C14H12FN3O3S2/c15-10-3-5-11(6-4-10)23(19,20)16-8-7-13-17-18-14(21-13)12-2-1-9-22-12/h1-6,9,16H,7-8H2. The molecule has 0 amide bonds. The van der Waals surface area contributed by atoms with E-state index < -0.39 is 15.8 Å². The molecule has 120 valence electrons. The van der Waals surface area contributed by atoms with Crippen molar-refractivity contribution >= 4 is 21.4 Å². The SMILES string of the molecule is O=S(=O)(NCCc1nnc(-c2cccs2)o1)c1ccc(F)cc1. The average molecular weight is 353 g/mol.